The van der Waals surface area contributed by atoms with Crippen molar-refractivity contribution < 1.29 is 23.0 Å². The minimum Gasteiger partial charge on any atom is -0.387 e. The van der Waals surface area contributed by atoms with Crippen LogP contribution in [0.2, 0.25) is 0 Å². The van der Waals surface area contributed by atoms with Gasteiger partial charge in [0.25, 0.3) is 0 Å². The molecule has 4 atom stereocenters. The molecule has 0 aromatic heterocycles. The molecule has 1 aromatic rings. The van der Waals surface area contributed by atoms with Gasteiger partial charge in [-0.05, 0) is 37.5 Å². The summed E-state index contributed by atoms with van der Waals surface area (Å²) in [5.74, 6) is 0. The number of aliphatic hydroxyl groups is 1. The highest BCUT2D eigenvalue weighted by Gasteiger charge is 2.32. The van der Waals surface area contributed by atoms with E-state index >= 15 is 0 Å². The van der Waals surface area contributed by atoms with Gasteiger partial charge in [0.1, 0.15) is 0 Å². The Morgan fingerprint density at radius 1 is 1.32 bits per heavy atom. The average Bonchev–Trinajstić information content (AvgIpc) is 2.88. The van der Waals surface area contributed by atoms with E-state index in [1.54, 1.807) is 0 Å². The molecule has 1 saturated heterocycles. The predicted octanol–water partition coefficient (Wildman–Crippen LogP) is 3.28. The minimum atomic E-state index is -4.36. The fourth-order valence-corrected chi connectivity index (χ4v) is 2.76. The first kappa shape index (κ1) is 17.2. The Labute approximate surface area is 128 Å². The zero-order chi connectivity index (χ0) is 16.3. The first-order chi connectivity index (χ1) is 10.3. The molecule has 0 saturated carbocycles. The summed E-state index contributed by atoms with van der Waals surface area (Å²) in [6.07, 6.45) is -3.58. The van der Waals surface area contributed by atoms with Crippen molar-refractivity contribution >= 4 is 0 Å². The monoisotopic (exact) mass is 317 g/mol. The number of aliphatic hydroxyl groups excluding tert-OH is 1. The van der Waals surface area contributed by atoms with Crippen molar-refractivity contribution in [2.45, 2.75) is 57.2 Å². The normalized spacial score (nSPS) is 25.2. The molecular weight excluding hydrogens is 295 g/mol. The summed E-state index contributed by atoms with van der Waals surface area (Å²) in [7, 11) is 0. The van der Waals surface area contributed by atoms with E-state index in [0.717, 1.165) is 18.6 Å². The molecule has 0 radical (unpaired) electrons. The quantitative estimate of drug-likeness (QED) is 0.876. The van der Waals surface area contributed by atoms with Crippen LogP contribution in [-0.4, -0.2) is 29.9 Å². The number of alkyl halides is 3. The van der Waals surface area contributed by atoms with Crippen molar-refractivity contribution in [2.24, 2.45) is 0 Å². The van der Waals surface area contributed by atoms with Crippen molar-refractivity contribution in [1.29, 1.82) is 0 Å². The molecule has 3 nitrogen and oxygen atoms in total. The van der Waals surface area contributed by atoms with E-state index in [1.807, 2.05) is 13.8 Å². The van der Waals surface area contributed by atoms with E-state index < -0.39 is 17.8 Å². The fraction of sp³-hybridized carbons (Fsp3) is 0.625. The van der Waals surface area contributed by atoms with E-state index in [2.05, 4.69) is 5.32 Å². The van der Waals surface area contributed by atoms with E-state index in [-0.39, 0.29) is 18.2 Å². The molecule has 1 aliphatic heterocycles. The molecule has 0 bridgehead atoms. The van der Waals surface area contributed by atoms with Crippen LogP contribution in [0.4, 0.5) is 13.2 Å². The van der Waals surface area contributed by atoms with Crippen LogP contribution in [0.5, 0.6) is 0 Å². The smallest absolute Gasteiger partial charge is 0.387 e. The number of ether oxygens (including phenoxy) is 1. The molecule has 124 valence electrons. The summed E-state index contributed by atoms with van der Waals surface area (Å²) in [6, 6.07) is 4.64. The lowest BCUT2D eigenvalue weighted by Crippen LogP contribution is -2.44. The summed E-state index contributed by atoms with van der Waals surface area (Å²) >= 11 is 0. The highest BCUT2D eigenvalue weighted by molar-refractivity contribution is 5.26. The number of nitrogens with one attached hydrogen (secondary N) is 1. The highest BCUT2D eigenvalue weighted by atomic mass is 19.4. The second-order valence-corrected chi connectivity index (χ2v) is 5.72. The number of rotatable bonds is 5. The van der Waals surface area contributed by atoms with Crippen LogP contribution in [0.1, 0.15) is 43.9 Å². The Balaban J connectivity index is 2.06. The standard InChI is InChI=1S/C16H22F3NO2/c1-3-13(20-14-8-9-22-10(14)2)15(21)11-4-6-12(7-5-11)16(17,18)19/h4-7,10,13-15,20-21H,3,8-9H2,1-2H3. The zero-order valence-electron chi connectivity index (χ0n) is 12.7. The lowest BCUT2D eigenvalue weighted by atomic mass is 9.97. The lowest BCUT2D eigenvalue weighted by molar-refractivity contribution is -0.137. The van der Waals surface area contributed by atoms with Gasteiger partial charge in [-0.1, -0.05) is 19.1 Å². The summed E-state index contributed by atoms with van der Waals surface area (Å²) in [4.78, 5) is 0. The Kier molecular flexibility index (Phi) is 5.47. The lowest BCUT2D eigenvalue weighted by Gasteiger charge is -2.28. The second kappa shape index (κ2) is 6.98. The van der Waals surface area contributed by atoms with Crippen molar-refractivity contribution in [3.8, 4) is 0 Å². The molecule has 0 aliphatic carbocycles. The van der Waals surface area contributed by atoms with Crippen LogP contribution >= 0.6 is 0 Å². The van der Waals surface area contributed by atoms with E-state index in [9.17, 15) is 18.3 Å². The Hall–Kier alpha value is -1.11. The Bertz CT molecular complexity index is 475. The van der Waals surface area contributed by atoms with Gasteiger partial charge in [0.05, 0.1) is 17.8 Å². The Morgan fingerprint density at radius 3 is 2.41 bits per heavy atom. The molecule has 4 unspecified atom stereocenters. The molecule has 1 aromatic carbocycles. The Morgan fingerprint density at radius 2 is 1.95 bits per heavy atom. The maximum Gasteiger partial charge on any atom is 0.416 e. The van der Waals surface area contributed by atoms with Gasteiger partial charge in [0, 0.05) is 18.7 Å². The topological polar surface area (TPSA) is 41.5 Å². The maximum atomic E-state index is 12.6. The van der Waals surface area contributed by atoms with Gasteiger partial charge < -0.3 is 15.2 Å². The molecule has 1 aliphatic rings. The van der Waals surface area contributed by atoms with Gasteiger partial charge in [0.15, 0.2) is 0 Å². The van der Waals surface area contributed by atoms with Crippen LogP contribution in [0.3, 0.4) is 0 Å². The molecule has 6 heteroatoms. The van der Waals surface area contributed by atoms with E-state index in [1.165, 1.54) is 12.1 Å². The average molecular weight is 317 g/mol. The maximum absolute atomic E-state index is 12.6. The van der Waals surface area contributed by atoms with Crippen LogP contribution in [0, 0.1) is 0 Å². The molecule has 2 N–H and O–H groups in total. The van der Waals surface area contributed by atoms with Crippen molar-refractivity contribution in [2.75, 3.05) is 6.61 Å². The van der Waals surface area contributed by atoms with E-state index in [0.29, 0.717) is 18.6 Å². The van der Waals surface area contributed by atoms with Crippen molar-refractivity contribution in [3.05, 3.63) is 35.4 Å². The summed E-state index contributed by atoms with van der Waals surface area (Å²) in [5, 5.41) is 13.8. The molecular formula is C16H22F3NO2. The molecule has 22 heavy (non-hydrogen) atoms. The third kappa shape index (κ3) is 4.00. The third-order valence-electron chi connectivity index (χ3n) is 4.20. The van der Waals surface area contributed by atoms with Crippen LogP contribution in [-0.2, 0) is 10.9 Å². The van der Waals surface area contributed by atoms with Crippen molar-refractivity contribution in [1.82, 2.24) is 5.32 Å². The van der Waals surface area contributed by atoms with Gasteiger partial charge in [-0.15, -0.1) is 0 Å². The van der Waals surface area contributed by atoms with Crippen LogP contribution < -0.4 is 5.32 Å². The van der Waals surface area contributed by atoms with Crippen LogP contribution in [0.15, 0.2) is 24.3 Å². The number of hydrogen-bond donors (Lipinski definition) is 2. The molecule has 2 rings (SSSR count). The summed E-state index contributed by atoms with van der Waals surface area (Å²) in [6.45, 7) is 4.60. The molecule has 0 amide bonds. The van der Waals surface area contributed by atoms with Gasteiger partial charge >= 0.3 is 6.18 Å². The van der Waals surface area contributed by atoms with Crippen molar-refractivity contribution in [3.63, 3.8) is 0 Å². The summed E-state index contributed by atoms with van der Waals surface area (Å²) < 4.78 is 43.2. The third-order valence-corrected chi connectivity index (χ3v) is 4.20. The first-order valence-corrected chi connectivity index (χ1v) is 7.55. The molecule has 1 fully saturated rings. The number of halogens is 3. The van der Waals surface area contributed by atoms with Gasteiger partial charge in [0.2, 0.25) is 0 Å². The SMILES string of the molecule is CCC(NC1CCOC1C)C(O)c1ccc(C(F)(F)F)cc1. The molecule has 1 heterocycles. The predicted molar refractivity (Wildman–Crippen MR) is 77.4 cm³/mol. The van der Waals surface area contributed by atoms with Gasteiger partial charge in [-0.3, -0.25) is 0 Å². The largest absolute Gasteiger partial charge is 0.416 e. The van der Waals surface area contributed by atoms with Gasteiger partial charge in [-0.25, -0.2) is 0 Å². The number of hydrogen-bond acceptors (Lipinski definition) is 3. The van der Waals surface area contributed by atoms with Crippen LogP contribution in [0.25, 0.3) is 0 Å². The minimum absolute atomic E-state index is 0.0776. The fourth-order valence-electron chi connectivity index (χ4n) is 2.76. The first-order valence-electron chi connectivity index (χ1n) is 7.55. The zero-order valence-corrected chi connectivity index (χ0v) is 12.7. The van der Waals surface area contributed by atoms with E-state index in [4.69, 9.17) is 4.74 Å². The molecule has 0 spiro atoms. The summed E-state index contributed by atoms with van der Waals surface area (Å²) in [5.41, 5.74) is -0.221. The number of benzene rings is 1. The highest BCUT2D eigenvalue weighted by Crippen LogP contribution is 2.30. The second-order valence-electron chi connectivity index (χ2n) is 5.72. The van der Waals surface area contributed by atoms with Gasteiger partial charge in [-0.2, -0.15) is 13.2 Å².